The summed E-state index contributed by atoms with van der Waals surface area (Å²) in [6.45, 7) is 6.57. The van der Waals surface area contributed by atoms with Gasteiger partial charge in [0.25, 0.3) is 5.91 Å². The van der Waals surface area contributed by atoms with Crippen LogP contribution >= 0.6 is 0 Å². The Hall–Kier alpha value is -1.55. The summed E-state index contributed by atoms with van der Waals surface area (Å²) in [5.41, 5.74) is 3.32. The Bertz CT molecular complexity index is 407. The molecule has 4 heteroatoms. The van der Waals surface area contributed by atoms with Crippen LogP contribution in [-0.4, -0.2) is 26.1 Å². The van der Waals surface area contributed by atoms with Crippen LogP contribution in [0.5, 0.6) is 5.75 Å². The molecule has 1 amide bonds. The number of benzene rings is 1. The maximum Gasteiger partial charge on any atom is 0.260 e. The van der Waals surface area contributed by atoms with Crippen molar-refractivity contribution in [2.24, 2.45) is 0 Å². The standard InChI is InChI=1S/C14H22N2O2/c1-9-6-12(8-15-4)7-10(2)13(9)18-11(3)14(17)16-5/h6-7,11,15H,8H2,1-5H3,(H,16,17). The molecule has 1 atom stereocenters. The van der Waals surface area contributed by atoms with E-state index in [2.05, 4.69) is 22.8 Å². The molecule has 1 aromatic rings. The van der Waals surface area contributed by atoms with Gasteiger partial charge in [0, 0.05) is 13.6 Å². The normalized spacial score (nSPS) is 12.1. The molecule has 2 N–H and O–H groups in total. The molecular weight excluding hydrogens is 228 g/mol. The predicted molar refractivity (Wildman–Crippen MR) is 72.8 cm³/mol. The predicted octanol–water partition coefficient (Wildman–Crippen LogP) is 1.54. The number of nitrogens with one attached hydrogen (secondary N) is 2. The van der Waals surface area contributed by atoms with Crippen LogP contribution in [0.1, 0.15) is 23.6 Å². The minimum absolute atomic E-state index is 0.117. The fourth-order valence-electron chi connectivity index (χ4n) is 1.97. The zero-order valence-corrected chi connectivity index (χ0v) is 11.8. The van der Waals surface area contributed by atoms with Gasteiger partial charge in [-0.1, -0.05) is 12.1 Å². The first-order valence-electron chi connectivity index (χ1n) is 6.12. The molecule has 0 bridgehead atoms. The van der Waals surface area contributed by atoms with Crippen molar-refractivity contribution in [2.75, 3.05) is 14.1 Å². The summed E-state index contributed by atoms with van der Waals surface area (Å²) in [6, 6.07) is 4.16. The van der Waals surface area contributed by atoms with E-state index in [4.69, 9.17) is 4.74 Å². The van der Waals surface area contributed by atoms with Gasteiger partial charge in [-0.3, -0.25) is 4.79 Å². The average Bonchev–Trinajstić information content (AvgIpc) is 2.33. The SMILES string of the molecule is CNCc1cc(C)c(OC(C)C(=O)NC)c(C)c1. The van der Waals surface area contributed by atoms with Crippen molar-refractivity contribution in [3.8, 4) is 5.75 Å². The minimum Gasteiger partial charge on any atom is -0.480 e. The number of carbonyl (C=O) groups is 1. The molecule has 1 rings (SSSR count). The van der Waals surface area contributed by atoms with E-state index in [1.54, 1.807) is 14.0 Å². The maximum atomic E-state index is 11.5. The molecule has 4 nitrogen and oxygen atoms in total. The second-order valence-electron chi connectivity index (χ2n) is 4.46. The third-order valence-electron chi connectivity index (χ3n) is 2.81. The van der Waals surface area contributed by atoms with Crippen molar-refractivity contribution >= 4 is 5.91 Å². The Balaban J connectivity index is 2.93. The van der Waals surface area contributed by atoms with Gasteiger partial charge in [-0.05, 0) is 44.5 Å². The molecule has 0 aliphatic rings. The van der Waals surface area contributed by atoms with Gasteiger partial charge >= 0.3 is 0 Å². The zero-order valence-electron chi connectivity index (χ0n) is 11.8. The van der Waals surface area contributed by atoms with Crippen LogP contribution in [0.15, 0.2) is 12.1 Å². The molecule has 1 aromatic carbocycles. The molecule has 100 valence electrons. The van der Waals surface area contributed by atoms with E-state index in [9.17, 15) is 4.79 Å². The monoisotopic (exact) mass is 250 g/mol. The number of hydrogen-bond acceptors (Lipinski definition) is 3. The summed E-state index contributed by atoms with van der Waals surface area (Å²) < 4.78 is 5.73. The Morgan fingerprint density at radius 3 is 2.28 bits per heavy atom. The lowest BCUT2D eigenvalue weighted by Gasteiger charge is -2.18. The molecule has 1 unspecified atom stereocenters. The van der Waals surface area contributed by atoms with Crippen LogP contribution < -0.4 is 15.4 Å². The van der Waals surface area contributed by atoms with E-state index >= 15 is 0 Å². The molecule has 0 aliphatic heterocycles. The van der Waals surface area contributed by atoms with E-state index in [-0.39, 0.29) is 5.91 Å². The van der Waals surface area contributed by atoms with Crippen LogP contribution in [0.25, 0.3) is 0 Å². The number of carbonyl (C=O) groups excluding carboxylic acids is 1. The first-order chi connectivity index (χ1) is 8.49. The second-order valence-corrected chi connectivity index (χ2v) is 4.46. The molecule has 0 heterocycles. The van der Waals surface area contributed by atoms with Gasteiger partial charge in [-0.25, -0.2) is 0 Å². The van der Waals surface area contributed by atoms with Crippen molar-refractivity contribution in [2.45, 2.75) is 33.4 Å². The van der Waals surface area contributed by atoms with E-state index in [1.165, 1.54) is 5.56 Å². The third kappa shape index (κ3) is 3.47. The van der Waals surface area contributed by atoms with Gasteiger partial charge in [-0.15, -0.1) is 0 Å². The summed E-state index contributed by atoms with van der Waals surface area (Å²) in [5.74, 6) is 0.680. The smallest absolute Gasteiger partial charge is 0.260 e. The Morgan fingerprint density at radius 2 is 1.83 bits per heavy atom. The second kappa shape index (κ2) is 6.40. The highest BCUT2D eigenvalue weighted by molar-refractivity contribution is 5.80. The van der Waals surface area contributed by atoms with E-state index < -0.39 is 6.10 Å². The highest BCUT2D eigenvalue weighted by Crippen LogP contribution is 2.25. The first-order valence-corrected chi connectivity index (χ1v) is 6.12. The molecular formula is C14H22N2O2. The van der Waals surface area contributed by atoms with Crippen molar-refractivity contribution < 1.29 is 9.53 Å². The van der Waals surface area contributed by atoms with Crippen LogP contribution in [0.3, 0.4) is 0 Å². The fourth-order valence-corrected chi connectivity index (χ4v) is 1.97. The molecule has 0 saturated carbocycles. The van der Waals surface area contributed by atoms with Gasteiger partial charge in [0.1, 0.15) is 5.75 Å². The van der Waals surface area contributed by atoms with Gasteiger partial charge in [0.05, 0.1) is 0 Å². The van der Waals surface area contributed by atoms with Crippen LogP contribution in [0.4, 0.5) is 0 Å². The fraction of sp³-hybridized carbons (Fsp3) is 0.500. The number of ether oxygens (including phenoxy) is 1. The van der Waals surface area contributed by atoms with E-state index in [1.807, 2.05) is 20.9 Å². The summed E-state index contributed by atoms with van der Waals surface area (Å²) >= 11 is 0. The van der Waals surface area contributed by atoms with E-state index in [0.717, 1.165) is 23.4 Å². The summed E-state index contributed by atoms with van der Waals surface area (Å²) in [5, 5.41) is 5.70. The molecule has 0 aromatic heterocycles. The average molecular weight is 250 g/mol. The largest absolute Gasteiger partial charge is 0.480 e. The Kier molecular flexibility index (Phi) is 5.16. The molecule has 0 saturated heterocycles. The first kappa shape index (κ1) is 14.5. The lowest BCUT2D eigenvalue weighted by atomic mass is 10.1. The van der Waals surface area contributed by atoms with Crippen LogP contribution in [0.2, 0.25) is 0 Å². The van der Waals surface area contributed by atoms with Gasteiger partial charge < -0.3 is 15.4 Å². The van der Waals surface area contributed by atoms with Gasteiger partial charge in [0.15, 0.2) is 6.10 Å². The lowest BCUT2D eigenvalue weighted by molar-refractivity contribution is -0.126. The molecule has 0 fully saturated rings. The number of amides is 1. The maximum absolute atomic E-state index is 11.5. The summed E-state index contributed by atoms with van der Waals surface area (Å²) in [6.07, 6.45) is -0.484. The molecule has 18 heavy (non-hydrogen) atoms. The number of aryl methyl sites for hydroxylation is 2. The topological polar surface area (TPSA) is 50.4 Å². The minimum atomic E-state index is -0.484. The van der Waals surface area contributed by atoms with Crippen molar-refractivity contribution in [3.05, 3.63) is 28.8 Å². The highest BCUT2D eigenvalue weighted by Gasteiger charge is 2.15. The van der Waals surface area contributed by atoms with Crippen LogP contribution in [-0.2, 0) is 11.3 Å². The number of rotatable bonds is 5. The molecule has 0 spiro atoms. The molecule has 0 radical (unpaired) electrons. The highest BCUT2D eigenvalue weighted by atomic mass is 16.5. The van der Waals surface area contributed by atoms with Crippen molar-refractivity contribution in [1.29, 1.82) is 0 Å². The number of likely N-dealkylation sites (N-methyl/N-ethyl adjacent to an activating group) is 1. The van der Waals surface area contributed by atoms with E-state index in [0.29, 0.717) is 0 Å². The quantitative estimate of drug-likeness (QED) is 0.833. The third-order valence-corrected chi connectivity index (χ3v) is 2.81. The zero-order chi connectivity index (χ0) is 13.7. The Morgan fingerprint density at radius 1 is 1.28 bits per heavy atom. The van der Waals surface area contributed by atoms with Gasteiger partial charge in [0.2, 0.25) is 0 Å². The van der Waals surface area contributed by atoms with Crippen molar-refractivity contribution in [1.82, 2.24) is 10.6 Å². The number of hydrogen-bond donors (Lipinski definition) is 2. The van der Waals surface area contributed by atoms with Gasteiger partial charge in [-0.2, -0.15) is 0 Å². The summed E-state index contributed by atoms with van der Waals surface area (Å²) in [4.78, 5) is 11.5. The Labute approximate surface area is 109 Å². The van der Waals surface area contributed by atoms with Crippen LogP contribution in [0, 0.1) is 13.8 Å². The van der Waals surface area contributed by atoms with Crippen molar-refractivity contribution in [3.63, 3.8) is 0 Å². The lowest BCUT2D eigenvalue weighted by Crippen LogP contribution is -2.34. The summed E-state index contributed by atoms with van der Waals surface area (Å²) in [7, 11) is 3.53. The molecule has 0 aliphatic carbocycles.